The molecule has 5 heterocycles. The number of aryl methyl sites for hydroxylation is 1. The summed E-state index contributed by atoms with van der Waals surface area (Å²) in [5.41, 5.74) is 11.4. The van der Waals surface area contributed by atoms with Gasteiger partial charge in [0, 0.05) is 48.6 Å². The monoisotopic (exact) mass is 466 g/mol. The van der Waals surface area contributed by atoms with Crippen LogP contribution in [0.2, 0.25) is 0 Å². The van der Waals surface area contributed by atoms with E-state index in [1.165, 1.54) is 12.3 Å². The molecule has 2 aliphatic heterocycles. The van der Waals surface area contributed by atoms with E-state index in [2.05, 4.69) is 52.0 Å². The molecule has 180 valence electrons. The van der Waals surface area contributed by atoms with E-state index in [1.54, 1.807) is 6.07 Å². The minimum absolute atomic E-state index is 0.0962. The molecular weight excluding hydrogens is 435 g/mol. The largest absolute Gasteiger partial charge is 0.379 e. The number of ether oxygens (including phenoxy) is 1. The summed E-state index contributed by atoms with van der Waals surface area (Å²) in [5, 5.41) is 8.40. The number of halogens is 1. The van der Waals surface area contributed by atoms with Crippen molar-refractivity contribution in [1.29, 1.82) is 0 Å². The van der Waals surface area contributed by atoms with Crippen LogP contribution in [0.5, 0.6) is 0 Å². The molecule has 0 aliphatic carbocycles. The van der Waals surface area contributed by atoms with Crippen LogP contribution >= 0.6 is 0 Å². The number of rotatable bonds is 6. The van der Waals surface area contributed by atoms with Crippen LogP contribution in [-0.2, 0) is 11.3 Å². The van der Waals surface area contributed by atoms with Crippen LogP contribution in [0.15, 0.2) is 36.2 Å². The summed E-state index contributed by atoms with van der Waals surface area (Å²) in [6.45, 7) is 12.1. The highest BCUT2D eigenvalue weighted by atomic mass is 19.1. The van der Waals surface area contributed by atoms with Gasteiger partial charge in [0.1, 0.15) is 17.3 Å². The van der Waals surface area contributed by atoms with E-state index in [4.69, 9.17) is 14.8 Å². The lowest BCUT2D eigenvalue weighted by atomic mass is 9.97. The Morgan fingerprint density at radius 2 is 2.06 bits per heavy atom. The standard InChI is InChI=1S/C24H31FN8O/c1-15-12-24(4,31-29-15)28-21-11-19(14-32-7-9-34-10-8-32)33-23(27-21)22(17(3)30-33)16(2)20-6-5-18(25)13-26-20/h5-6,11-13,16,29,31H,7-10,14H2,1-4H3,(H,27,28)/t16-,24?/m0/s1. The van der Waals surface area contributed by atoms with Gasteiger partial charge >= 0.3 is 0 Å². The van der Waals surface area contributed by atoms with Crippen molar-refractivity contribution < 1.29 is 9.13 Å². The van der Waals surface area contributed by atoms with Crippen molar-refractivity contribution in [2.24, 2.45) is 0 Å². The fourth-order valence-corrected chi connectivity index (χ4v) is 4.73. The Balaban J connectivity index is 1.59. The molecule has 0 radical (unpaired) electrons. The lowest BCUT2D eigenvalue weighted by Crippen LogP contribution is -2.48. The first-order valence-electron chi connectivity index (χ1n) is 11.6. The number of nitrogens with zero attached hydrogens (tertiary/aromatic N) is 5. The summed E-state index contributed by atoms with van der Waals surface area (Å²) < 4.78 is 20.9. The Bertz CT molecular complexity index is 1220. The Kier molecular flexibility index (Phi) is 5.97. The smallest absolute Gasteiger partial charge is 0.161 e. The number of anilines is 1. The van der Waals surface area contributed by atoms with Crippen LogP contribution in [0.3, 0.4) is 0 Å². The molecule has 1 saturated heterocycles. The van der Waals surface area contributed by atoms with Crippen molar-refractivity contribution in [2.75, 3.05) is 31.6 Å². The molecule has 0 saturated carbocycles. The first kappa shape index (κ1) is 22.7. The molecule has 9 nitrogen and oxygen atoms in total. The van der Waals surface area contributed by atoms with Crippen molar-refractivity contribution in [3.63, 3.8) is 0 Å². The number of hydrogen-bond donors (Lipinski definition) is 3. The number of morpholine rings is 1. The van der Waals surface area contributed by atoms with Crippen LogP contribution in [0.25, 0.3) is 5.65 Å². The second kappa shape index (κ2) is 8.94. The highest BCUT2D eigenvalue weighted by Gasteiger charge is 2.28. The van der Waals surface area contributed by atoms with Gasteiger partial charge < -0.3 is 15.5 Å². The molecule has 0 spiro atoms. The molecule has 1 unspecified atom stereocenters. The fourth-order valence-electron chi connectivity index (χ4n) is 4.73. The van der Waals surface area contributed by atoms with Gasteiger partial charge in [0.2, 0.25) is 0 Å². The van der Waals surface area contributed by atoms with Crippen molar-refractivity contribution in [3.8, 4) is 0 Å². The number of nitrogens with one attached hydrogen (secondary N) is 3. The summed E-state index contributed by atoms with van der Waals surface area (Å²) in [6, 6.07) is 5.23. The highest BCUT2D eigenvalue weighted by Crippen LogP contribution is 2.31. The van der Waals surface area contributed by atoms with Crippen LogP contribution in [0, 0.1) is 12.7 Å². The van der Waals surface area contributed by atoms with Crippen LogP contribution in [0.1, 0.15) is 49.3 Å². The number of hydrogen-bond acceptors (Lipinski definition) is 8. The molecule has 3 aromatic heterocycles. The molecule has 3 aromatic rings. The van der Waals surface area contributed by atoms with E-state index in [0.717, 1.165) is 72.7 Å². The zero-order valence-electron chi connectivity index (χ0n) is 20.0. The Morgan fingerprint density at radius 3 is 2.74 bits per heavy atom. The van der Waals surface area contributed by atoms with E-state index in [-0.39, 0.29) is 11.7 Å². The lowest BCUT2D eigenvalue weighted by molar-refractivity contribution is 0.0334. The summed E-state index contributed by atoms with van der Waals surface area (Å²) in [7, 11) is 0. The van der Waals surface area contributed by atoms with Crippen LogP contribution < -0.4 is 16.2 Å². The van der Waals surface area contributed by atoms with E-state index in [9.17, 15) is 4.39 Å². The van der Waals surface area contributed by atoms with Gasteiger partial charge in [0.15, 0.2) is 5.65 Å². The van der Waals surface area contributed by atoms with Crippen molar-refractivity contribution >= 4 is 11.5 Å². The Morgan fingerprint density at radius 1 is 1.26 bits per heavy atom. The molecule has 10 heteroatoms. The number of allylic oxidation sites excluding steroid dienone is 1. The van der Waals surface area contributed by atoms with E-state index >= 15 is 0 Å². The quantitative estimate of drug-likeness (QED) is 0.511. The maximum absolute atomic E-state index is 13.5. The lowest BCUT2D eigenvalue weighted by Gasteiger charge is -2.28. The van der Waals surface area contributed by atoms with Gasteiger partial charge in [-0.3, -0.25) is 9.88 Å². The highest BCUT2D eigenvalue weighted by molar-refractivity contribution is 5.59. The van der Waals surface area contributed by atoms with Gasteiger partial charge in [-0.2, -0.15) is 5.10 Å². The summed E-state index contributed by atoms with van der Waals surface area (Å²) >= 11 is 0. The molecule has 3 N–H and O–H groups in total. The molecule has 5 rings (SSSR count). The minimum Gasteiger partial charge on any atom is -0.379 e. The third kappa shape index (κ3) is 4.48. The predicted molar refractivity (Wildman–Crippen MR) is 128 cm³/mol. The molecule has 0 bridgehead atoms. The van der Waals surface area contributed by atoms with E-state index in [1.807, 2.05) is 18.4 Å². The number of aromatic nitrogens is 4. The van der Waals surface area contributed by atoms with Gasteiger partial charge in [0.25, 0.3) is 0 Å². The molecule has 0 aromatic carbocycles. The zero-order chi connectivity index (χ0) is 23.9. The Hall–Kier alpha value is -3.08. The van der Waals surface area contributed by atoms with Crippen molar-refractivity contribution in [3.05, 3.63) is 64.6 Å². The molecule has 0 amide bonds. The van der Waals surface area contributed by atoms with E-state index < -0.39 is 5.66 Å². The topological polar surface area (TPSA) is 91.6 Å². The molecule has 1 fully saturated rings. The molecule has 2 aliphatic rings. The van der Waals surface area contributed by atoms with Gasteiger partial charge in [-0.25, -0.2) is 19.3 Å². The van der Waals surface area contributed by atoms with Gasteiger partial charge in [-0.1, -0.05) is 6.92 Å². The summed E-state index contributed by atoms with van der Waals surface area (Å²) in [5.74, 6) is 0.305. The third-order valence-electron chi connectivity index (χ3n) is 6.41. The average Bonchev–Trinajstić information content (AvgIpc) is 3.32. The van der Waals surface area contributed by atoms with Gasteiger partial charge in [-0.05, 0) is 39.0 Å². The zero-order valence-corrected chi connectivity index (χ0v) is 20.0. The maximum atomic E-state index is 13.5. The molecular formula is C24H31FN8O. The number of fused-ring (bicyclic) bond motifs is 1. The summed E-state index contributed by atoms with van der Waals surface area (Å²) in [6.07, 6.45) is 3.35. The Labute approximate surface area is 198 Å². The second-order valence-electron chi connectivity index (χ2n) is 9.28. The van der Waals surface area contributed by atoms with Crippen LogP contribution in [-0.4, -0.2) is 56.4 Å². The van der Waals surface area contributed by atoms with E-state index in [0.29, 0.717) is 0 Å². The average molecular weight is 467 g/mol. The van der Waals surface area contributed by atoms with Crippen LogP contribution in [0.4, 0.5) is 10.2 Å². The predicted octanol–water partition coefficient (Wildman–Crippen LogP) is 2.70. The first-order chi connectivity index (χ1) is 16.3. The molecule has 34 heavy (non-hydrogen) atoms. The minimum atomic E-state index is -0.481. The normalized spacial score (nSPS) is 22.0. The van der Waals surface area contributed by atoms with Crippen molar-refractivity contribution in [2.45, 2.75) is 45.8 Å². The third-order valence-corrected chi connectivity index (χ3v) is 6.41. The number of pyridine rings is 1. The first-order valence-corrected chi connectivity index (χ1v) is 11.6. The van der Waals surface area contributed by atoms with Gasteiger partial charge in [0.05, 0.1) is 30.8 Å². The maximum Gasteiger partial charge on any atom is 0.161 e. The SMILES string of the molecule is CC1=CC(C)(Nc2cc(CN3CCOCC3)n3nc(C)c([C@@H](C)c4ccc(F)cn4)c3n2)NN1. The van der Waals surface area contributed by atoms with Crippen molar-refractivity contribution in [1.82, 2.24) is 35.3 Å². The molecule has 2 atom stereocenters. The van der Waals surface area contributed by atoms with Gasteiger partial charge in [-0.15, -0.1) is 0 Å². The number of hydrazine groups is 1. The summed E-state index contributed by atoms with van der Waals surface area (Å²) in [4.78, 5) is 11.7. The second-order valence-corrected chi connectivity index (χ2v) is 9.28. The fraction of sp³-hybridized carbons (Fsp3) is 0.458.